The molecule has 1 saturated heterocycles. The molecule has 1 N–H and O–H groups in total. The highest BCUT2D eigenvalue weighted by molar-refractivity contribution is 5.86. The van der Waals surface area contributed by atoms with Crippen LogP contribution in [0.5, 0.6) is 0 Å². The first-order valence-electron chi connectivity index (χ1n) is 11.5. The van der Waals surface area contributed by atoms with E-state index in [2.05, 4.69) is 44.5 Å². The third-order valence-corrected chi connectivity index (χ3v) is 6.70. The lowest BCUT2D eigenvalue weighted by Crippen LogP contribution is -2.38. The molecular weight excluding hydrogens is 399 g/mol. The molecule has 2 heterocycles. The Hall–Kier alpha value is -3.05. The van der Waals surface area contributed by atoms with Gasteiger partial charge in [0.25, 0.3) is 0 Å². The topological polar surface area (TPSA) is 41.0 Å². The molecule has 1 fully saturated rings. The van der Waals surface area contributed by atoms with Crippen LogP contribution in [0.4, 0.5) is 10.3 Å². The maximum Gasteiger partial charge on any atom is 0.224 e. The van der Waals surface area contributed by atoms with E-state index in [1.54, 1.807) is 24.5 Å². The van der Waals surface area contributed by atoms with Crippen LogP contribution in [0.25, 0.3) is 5.57 Å². The van der Waals surface area contributed by atoms with Crippen LogP contribution in [-0.2, 0) is 12.8 Å². The molecule has 0 spiro atoms. The molecule has 2 aromatic carbocycles. The maximum atomic E-state index is 14.3. The summed E-state index contributed by atoms with van der Waals surface area (Å²) in [7, 11) is 2.04. The molecule has 5 heteroatoms. The molecule has 4 nitrogen and oxygen atoms in total. The minimum absolute atomic E-state index is 0.156. The molecule has 0 bridgehead atoms. The molecule has 1 atom stereocenters. The van der Waals surface area contributed by atoms with Crippen molar-refractivity contribution in [3.8, 4) is 0 Å². The summed E-state index contributed by atoms with van der Waals surface area (Å²) >= 11 is 0. The van der Waals surface area contributed by atoms with Crippen LogP contribution in [-0.4, -0.2) is 36.1 Å². The molecule has 32 heavy (non-hydrogen) atoms. The molecule has 3 aromatic rings. The molecule has 2 aliphatic rings. The summed E-state index contributed by atoms with van der Waals surface area (Å²) in [6, 6.07) is 16.2. The average molecular weight is 429 g/mol. The minimum Gasteiger partial charge on any atom is -0.344 e. The fourth-order valence-electron chi connectivity index (χ4n) is 5.04. The standard InChI is InChI=1S/C27H29FN4/c1-32(27-30-13-4-14-31-27)16-12-23-17-21(11-15-29-23)26-24-6-3-2-5-19(24)7-8-20-9-10-22(28)18-25(20)26/h2-6,9-10,13-14,18,23,29H,7-8,11-12,15-17H2,1H3. The van der Waals surface area contributed by atoms with Crippen molar-refractivity contribution in [1.29, 1.82) is 0 Å². The number of hydrogen-bond donors (Lipinski definition) is 1. The van der Waals surface area contributed by atoms with Crippen LogP contribution in [0.2, 0.25) is 0 Å². The highest BCUT2D eigenvalue weighted by Gasteiger charge is 2.25. The number of piperidine rings is 1. The molecule has 164 valence electrons. The second-order valence-electron chi connectivity index (χ2n) is 8.80. The van der Waals surface area contributed by atoms with E-state index >= 15 is 0 Å². The van der Waals surface area contributed by atoms with Crippen molar-refractivity contribution in [3.63, 3.8) is 0 Å². The monoisotopic (exact) mass is 428 g/mol. The van der Waals surface area contributed by atoms with Gasteiger partial charge in [-0.25, -0.2) is 14.4 Å². The van der Waals surface area contributed by atoms with Crippen molar-refractivity contribution in [2.24, 2.45) is 0 Å². The van der Waals surface area contributed by atoms with Gasteiger partial charge in [0.15, 0.2) is 0 Å². The fraction of sp³-hybridized carbons (Fsp3) is 0.333. The molecule has 5 rings (SSSR count). The van der Waals surface area contributed by atoms with Crippen molar-refractivity contribution in [2.45, 2.75) is 38.1 Å². The predicted octanol–water partition coefficient (Wildman–Crippen LogP) is 4.79. The number of benzene rings is 2. The summed E-state index contributed by atoms with van der Waals surface area (Å²) in [5.41, 5.74) is 7.68. The van der Waals surface area contributed by atoms with E-state index in [4.69, 9.17) is 0 Å². The lowest BCUT2D eigenvalue weighted by atomic mass is 9.84. The number of fused-ring (bicyclic) bond motifs is 2. The minimum atomic E-state index is -0.156. The Bertz CT molecular complexity index is 1130. The smallest absolute Gasteiger partial charge is 0.224 e. The van der Waals surface area contributed by atoms with Gasteiger partial charge in [-0.1, -0.05) is 35.9 Å². The van der Waals surface area contributed by atoms with Crippen molar-refractivity contribution < 1.29 is 4.39 Å². The van der Waals surface area contributed by atoms with E-state index in [1.807, 2.05) is 19.2 Å². The second-order valence-corrected chi connectivity index (χ2v) is 8.80. The lowest BCUT2D eigenvalue weighted by Gasteiger charge is -2.30. The number of nitrogens with zero attached hydrogens (tertiary/aromatic N) is 3. The van der Waals surface area contributed by atoms with E-state index in [9.17, 15) is 4.39 Å². The number of hydrogen-bond acceptors (Lipinski definition) is 4. The van der Waals surface area contributed by atoms with Gasteiger partial charge in [0.1, 0.15) is 5.82 Å². The maximum absolute atomic E-state index is 14.3. The largest absolute Gasteiger partial charge is 0.344 e. The number of nitrogens with one attached hydrogen (secondary N) is 1. The van der Waals surface area contributed by atoms with Crippen LogP contribution < -0.4 is 10.2 Å². The van der Waals surface area contributed by atoms with Crippen molar-refractivity contribution >= 4 is 11.5 Å². The molecule has 0 amide bonds. The zero-order valence-corrected chi connectivity index (χ0v) is 18.5. The highest BCUT2D eigenvalue weighted by Crippen LogP contribution is 2.39. The Morgan fingerprint density at radius 3 is 2.59 bits per heavy atom. The Kier molecular flexibility index (Phi) is 5.99. The van der Waals surface area contributed by atoms with E-state index in [0.29, 0.717) is 6.04 Å². The third kappa shape index (κ3) is 4.30. The van der Waals surface area contributed by atoms with Gasteiger partial charge in [-0.05, 0) is 84.7 Å². The van der Waals surface area contributed by atoms with Gasteiger partial charge in [0, 0.05) is 32.0 Å². The van der Waals surface area contributed by atoms with Crippen molar-refractivity contribution in [1.82, 2.24) is 15.3 Å². The van der Waals surface area contributed by atoms with Crippen LogP contribution in [0.3, 0.4) is 0 Å². The fourth-order valence-corrected chi connectivity index (χ4v) is 5.04. The first-order valence-corrected chi connectivity index (χ1v) is 11.5. The van der Waals surface area contributed by atoms with Crippen molar-refractivity contribution in [3.05, 3.63) is 94.6 Å². The first kappa shape index (κ1) is 20.8. The third-order valence-electron chi connectivity index (χ3n) is 6.70. The second kappa shape index (κ2) is 9.21. The predicted molar refractivity (Wildman–Crippen MR) is 127 cm³/mol. The van der Waals surface area contributed by atoms with Gasteiger partial charge in [-0.15, -0.1) is 0 Å². The van der Waals surface area contributed by atoms with Gasteiger partial charge in [0.05, 0.1) is 0 Å². The van der Waals surface area contributed by atoms with Gasteiger partial charge in [0.2, 0.25) is 5.95 Å². The van der Waals surface area contributed by atoms with Crippen LogP contribution in [0, 0.1) is 5.82 Å². The first-order chi connectivity index (χ1) is 15.7. The van der Waals surface area contributed by atoms with E-state index in [1.165, 1.54) is 27.8 Å². The number of aromatic nitrogens is 2. The SMILES string of the molecule is CN(CCC1CC(=C2c3ccccc3CCc3ccc(F)cc32)CCN1)c1ncccn1. The van der Waals surface area contributed by atoms with Crippen LogP contribution >= 0.6 is 0 Å². The van der Waals surface area contributed by atoms with Crippen LogP contribution in [0.1, 0.15) is 41.5 Å². The normalized spacial score (nSPS) is 20.2. The van der Waals surface area contributed by atoms with E-state index < -0.39 is 0 Å². The summed E-state index contributed by atoms with van der Waals surface area (Å²) in [5.74, 6) is 0.597. The summed E-state index contributed by atoms with van der Waals surface area (Å²) in [6.45, 7) is 1.83. The zero-order valence-electron chi connectivity index (χ0n) is 18.5. The van der Waals surface area contributed by atoms with E-state index in [0.717, 1.165) is 56.7 Å². The van der Waals surface area contributed by atoms with Gasteiger partial charge in [-0.2, -0.15) is 0 Å². The molecular formula is C27H29FN4. The zero-order chi connectivity index (χ0) is 21.9. The van der Waals surface area contributed by atoms with Crippen LogP contribution in [0.15, 0.2) is 66.5 Å². The quantitative estimate of drug-likeness (QED) is 0.648. The molecule has 0 saturated carbocycles. The molecule has 0 radical (unpaired) electrons. The molecule has 1 aliphatic carbocycles. The lowest BCUT2D eigenvalue weighted by molar-refractivity contribution is 0.440. The van der Waals surface area contributed by atoms with Crippen molar-refractivity contribution in [2.75, 3.05) is 25.0 Å². The summed E-state index contributed by atoms with van der Waals surface area (Å²) < 4.78 is 14.3. The van der Waals surface area contributed by atoms with Gasteiger partial charge in [-0.3, -0.25) is 0 Å². The summed E-state index contributed by atoms with van der Waals surface area (Å²) in [4.78, 5) is 10.8. The number of halogens is 1. The molecule has 1 unspecified atom stereocenters. The summed E-state index contributed by atoms with van der Waals surface area (Å²) in [6.07, 6.45) is 8.47. The Labute approximate surface area is 189 Å². The van der Waals surface area contributed by atoms with Gasteiger partial charge >= 0.3 is 0 Å². The Balaban J connectivity index is 1.45. The Morgan fingerprint density at radius 1 is 0.969 bits per heavy atom. The summed E-state index contributed by atoms with van der Waals surface area (Å²) in [5, 5.41) is 3.69. The van der Waals surface area contributed by atoms with E-state index in [-0.39, 0.29) is 5.82 Å². The Morgan fingerprint density at radius 2 is 1.75 bits per heavy atom. The van der Waals surface area contributed by atoms with Gasteiger partial charge < -0.3 is 10.2 Å². The highest BCUT2D eigenvalue weighted by atomic mass is 19.1. The average Bonchev–Trinajstić information content (AvgIpc) is 2.99. The number of anilines is 1. The molecule has 1 aliphatic heterocycles. The molecule has 1 aromatic heterocycles. The number of aryl methyl sites for hydroxylation is 2. The number of rotatable bonds is 4.